The monoisotopic (exact) mass is 330 g/mol. The number of rotatable bonds is 12. The minimum Gasteiger partial charge on any atom is -1.00 e. The summed E-state index contributed by atoms with van der Waals surface area (Å²) < 4.78 is 3.51. The van der Waals surface area contributed by atoms with Gasteiger partial charge in [-0.2, -0.15) is 0 Å². The Morgan fingerprint density at radius 2 is 1.55 bits per heavy atom. The maximum Gasteiger partial charge on any atom is 0.419 e. The quantitative estimate of drug-likeness (QED) is 0.458. The van der Waals surface area contributed by atoms with Gasteiger partial charge < -0.3 is 17.5 Å². The molecule has 0 amide bonds. The summed E-state index contributed by atoms with van der Waals surface area (Å²) in [6.45, 7) is 3.06. The van der Waals surface area contributed by atoms with Gasteiger partial charge in [-0.05, 0) is 12.8 Å². The molecule has 0 spiro atoms. The number of aromatic carboxylic acids is 1. The number of hydrogen-bond acceptors (Lipinski definition) is 1. The molecule has 0 aliphatic heterocycles. The lowest BCUT2D eigenvalue weighted by molar-refractivity contribution is -0.673. The van der Waals surface area contributed by atoms with Crippen molar-refractivity contribution in [2.75, 3.05) is 0 Å². The Morgan fingerprint density at radius 3 is 2.05 bits per heavy atom. The van der Waals surface area contributed by atoms with Crippen molar-refractivity contribution in [3.8, 4) is 0 Å². The molecule has 0 saturated carbocycles. The van der Waals surface area contributed by atoms with E-state index in [1.165, 1.54) is 57.8 Å². The van der Waals surface area contributed by atoms with E-state index in [0.717, 1.165) is 13.0 Å². The van der Waals surface area contributed by atoms with Crippen LogP contribution in [0.3, 0.4) is 0 Å². The average Bonchev–Trinajstić information content (AvgIpc) is 2.82. The summed E-state index contributed by atoms with van der Waals surface area (Å²) in [7, 11) is 1.78. The van der Waals surface area contributed by atoms with Crippen molar-refractivity contribution in [2.24, 2.45) is 7.05 Å². The summed E-state index contributed by atoms with van der Waals surface area (Å²) >= 11 is 0. The highest BCUT2D eigenvalue weighted by molar-refractivity contribution is 5.81. The maximum atomic E-state index is 11.1. The van der Waals surface area contributed by atoms with Gasteiger partial charge in [0.25, 0.3) is 0 Å². The predicted octanol–water partition coefficient (Wildman–Crippen LogP) is 0.936. The topological polar surface area (TPSA) is 46.1 Å². The predicted molar refractivity (Wildman–Crippen MR) is 84.4 cm³/mol. The molecule has 1 rings (SSSR count). The van der Waals surface area contributed by atoms with Gasteiger partial charge in [0.15, 0.2) is 0 Å². The van der Waals surface area contributed by atoms with Crippen LogP contribution in [0.25, 0.3) is 0 Å². The van der Waals surface area contributed by atoms with E-state index in [-0.39, 0.29) is 12.4 Å². The number of nitrogens with zero attached hydrogens (tertiary/aromatic N) is 2. The number of hydrogen-bond donors (Lipinski definition) is 1. The van der Waals surface area contributed by atoms with Crippen molar-refractivity contribution in [1.29, 1.82) is 0 Å². The highest BCUT2D eigenvalue weighted by Crippen LogP contribution is 2.11. The van der Waals surface area contributed by atoms with Crippen LogP contribution in [0.1, 0.15) is 81.8 Å². The van der Waals surface area contributed by atoms with E-state index >= 15 is 0 Å². The number of unbranched alkanes of at least 4 members (excludes halogenated alkanes) is 9. The van der Waals surface area contributed by atoms with Crippen LogP contribution in [0.2, 0.25) is 0 Å². The van der Waals surface area contributed by atoms with Crippen LogP contribution in [0.5, 0.6) is 0 Å². The fourth-order valence-electron chi connectivity index (χ4n) is 2.75. The SMILES string of the molecule is CCCCCCCCCCCCn1cc[n+](C)c1C(=O)O.[Cl-]. The van der Waals surface area contributed by atoms with Gasteiger partial charge in [0, 0.05) is 0 Å². The molecule has 0 saturated heterocycles. The summed E-state index contributed by atoms with van der Waals surface area (Å²) in [5, 5.41) is 9.16. The summed E-state index contributed by atoms with van der Waals surface area (Å²) in [6.07, 6.45) is 16.7. The lowest BCUT2D eigenvalue weighted by atomic mass is 10.1. The Bertz CT molecular complexity index is 419. The van der Waals surface area contributed by atoms with E-state index in [1.54, 1.807) is 17.8 Å². The van der Waals surface area contributed by atoms with Crippen LogP contribution >= 0.6 is 0 Å². The number of carboxylic acids is 1. The molecule has 0 aromatic carbocycles. The molecule has 0 fully saturated rings. The molecule has 1 heterocycles. The van der Waals surface area contributed by atoms with Crippen LogP contribution in [-0.2, 0) is 13.6 Å². The van der Waals surface area contributed by atoms with Crippen molar-refractivity contribution in [3.63, 3.8) is 0 Å². The zero-order chi connectivity index (χ0) is 15.5. The Morgan fingerprint density at radius 1 is 1.05 bits per heavy atom. The summed E-state index contributed by atoms with van der Waals surface area (Å²) in [5.41, 5.74) is 0. The van der Waals surface area contributed by atoms with Crippen molar-refractivity contribution in [2.45, 2.75) is 77.7 Å². The van der Waals surface area contributed by atoms with Crippen molar-refractivity contribution >= 4 is 5.97 Å². The highest BCUT2D eigenvalue weighted by atomic mass is 35.5. The van der Waals surface area contributed by atoms with E-state index in [1.807, 2.05) is 10.8 Å². The number of carboxylic acid groups (broad SMARTS) is 1. The lowest BCUT2D eigenvalue weighted by Gasteiger charge is -2.02. The zero-order valence-electron chi connectivity index (χ0n) is 14.1. The Balaban J connectivity index is 0.00000441. The first-order chi connectivity index (χ1) is 10.2. The van der Waals surface area contributed by atoms with Crippen molar-refractivity contribution < 1.29 is 26.9 Å². The molecule has 0 radical (unpaired) electrons. The molecule has 0 unspecified atom stereocenters. The molecule has 4 nitrogen and oxygen atoms in total. The third-order valence-electron chi connectivity index (χ3n) is 4.02. The van der Waals surface area contributed by atoms with E-state index in [9.17, 15) is 4.79 Å². The molecule has 0 bridgehead atoms. The van der Waals surface area contributed by atoms with E-state index < -0.39 is 5.97 Å². The molecule has 0 aliphatic carbocycles. The van der Waals surface area contributed by atoms with E-state index in [2.05, 4.69) is 6.92 Å². The number of carbonyl (C=O) groups is 1. The summed E-state index contributed by atoms with van der Waals surface area (Å²) in [4.78, 5) is 11.1. The van der Waals surface area contributed by atoms with Crippen molar-refractivity contribution in [3.05, 3.63) is 18.2 Å². The molecule has 1 aromatic rings. The van der Waals surface area contributed by atoms with Crippen LogP contribution < -0.4 is 17.0 Å². The molecule has 1 N–H and O–H groups in total. The zero-order valence-corrected chi connectivity index (χ0v) is 14.8. The second-order valence-electron chi connectivity index (χ2n) is 5.91. The fraction of sp³-hybridized carbons (Fsp3) is 0.765. The van der Waals surface area contributed by atoms with Crippen LogP contribution in [0.4, 0.5) is 0 Å². The molecular weight excluding hydrogens is 300 g/mol. The normalized spacial score (nSPS) is 10.5. The van der Waals surface area contributed by atoms with Crippen LogP contribution in [0.15, 0.2) is 12.4 Å². The molecule has 5 heteroatoms. The standard InChI is InChI=1S/C17H30N2O2.ClH/c1-3-4-5-6-7-8-9-10-11-12-13-19-15-14-18(2)16(19)17(20)21;/h14-15H,3-13H2,1-2H3;1H. The Kier molecular flexibility index (Phi) is 11.9. The first-order valence-corrected chi connectivity index (χ1v) is 8.45. The van der Waals surface area contributed by atoms with Crippen LogP contribution in [-0.4, -0.2) is 15.6 Å². The van der Waals surface area contributed by atoms with E-state index in [0.29, 0.717) is 5.82 Å². The van der Waals surface area contributed by atoms with Gasteiger partial charge in [0.05, 0.1) is 13.6 Å². The summed E-state index contributed by atoms with van der Waals surface area (Å²) in [6, 6.07) is 0. The first kappa shape index (κ1) is 21.0. The molecule has 22 heavy (non-hydrogen) atoms. The third-order valence-corrected chi connectivity index (χ3v) is 4.02. The summed E-state index contributed by atoms with van der Waals surface area (Å²) in [5.74, 6) is -0.486. The smallest absolute Gasteiger partial charge is 0.419 e. The Labute approximate surface area is 140 Å². The first-order valence-electron chi connectivity index (χ1n) is 8.45. The van der Waals surface area contributed by atoms with Gasteiger partial charge in [-0.15, -0.1) is 0 Å². The molecule has 0 aliphatic rings. The van der Waals surface area contributed by atoms with Gasteiger partial charge in [-0.1, -0.05) is 58.3 Å². The number of halogens is 1. The minimum absolute atomic E-state index is 0. The van der Waals surface area contributed by atoms with Gasteiger partial charge in [0.1, 0.15) is 12.4 Å². The largest absolute Gasteiger partial charge is 1.00 e. The van der Waals surface area contributed by atoms with Crippen molar-refractivity contribution in [1.82, 2.24) is 4.57 Å². The molecule has 128 valence electrons. The maximum absolute atomic E-state index is 11.1. The Hall–Kier alpha value is -1.03. The molecule has 0 atom stereocenters. The third kappa shape index (κ3) is 7.83. The second kappa shape index (κ2) is 12.5. The highest BCUT2D eigenvalue weighted by Gasteiger charge is 2.21. The second-order valence-corrected chi connectivity index (χ2v) is 5.91. The van der Waals surface area contributed by atoms with E-state index in [4.69, 9.17) is 5.11 Å². The van der Waals surface area contributed by atoms with Gasteiger partial charge in [-0.25, -0.2) is 13.9 Å². The van der Waals surface area contributed by atoms with Crippen LogP contribution in [0, 0.1) is 0 Å². The number of imidazole rings is 1. The lowest BCUT2D eigenvalue weighted by Crippen LogP contribution is -3.00. The number of aryl methyl sites for hydroxylation is 2. The van der Waals surface area contributed by atoms with Gasteiger partial charge in [-0.3, -0.25) is 0 Å². The molecule has 1 aromatic heterocycles. The average molecular weight is 331 g/mol. The number of aromatic nitrogens is 2. The van der Waals surface area contributed by atoms with Gasteiger partial charge in [0.2, 0.25) is 0 Å². The fourth-order valence-corrected chi connectivity index (χ4v) is 2.75. The minimum atomic E-state index is -0.852. The van der Waals surface area contributed by atoms with Gasteiger partial charge >= 0.3 is 11.8 Å². The molecular formula is C17H31ClN2O2.